The van der Waals surface area contributed by atoms with E-state index in [4.69, 9.17) is 4.74 Å². The number of carboxylic acid groups (broad SMARTS) is 1. The summed E-state index contributed by atoms with van der Waals surface area (Å²) < 4.78 is 5.12. The summed E-state index contributed by atoms with van der Waals surface area (Å²) in [7, 11) is 0. The maximum atomic E-state index is 12.3. The highest BCUT2D eigenvalue weighted by molar-refractivity contribution is 8.14. The molecule has 0 amide bonds. The number of allylic oxidation sites excluding steroid dienone is 1. The van der Waals surface area contributed by atoms with Gasteiger partial charge < -0.3 is 20.0 Å². The van der Waals surface area contributed by atoms with Crippen molar-refractivity contribution < 1.29 is 19.4 Å². The Hall–Kier alpha value is -2.28. The first-order valence-electron chi connectivity index (χ1n) is 7.13. The molecular weight excluding hydrogens is 316 g/mol. The number of thioether (sulfide) groups is 1. The van der Waals surface area contributed by atoms with E-state index in [0.717, 1.165) is 17.3 Å². The minimum absolute atomic E-state index is 0.213. The molecule has 0 radical (unpaired) electrons. The number of rotatable bonds is 5. The second-order valence-electron chi connectivity index (χ2n) is 4.79. The third-order valence-corrected chi connectivity index (χ3v) is 4.02. The van der Waals surface area contributed by atoms with Crippen LogP contribution in [-0.2, 0) is 14.3 Å². The van der Waals surface area contributed by atoms with Crippen molar-refractivity contribution in [3.63, 3.8) is 0 Å². The van der Waals surface area contributed by atoms with Crippen LogP contribution in [0.5, 0.6) is 0 Å². The highest BCUT2D eigenvalue weighted by Gasteiger charge is 2.30. The van der Waals surface area contributed by atoms with Crippen LogP contribution in [0.1, 0.15) is 25.5 Å². The molecule has 1 aliphatic heterocycles. The summed E-state index contributed by atoms with van der Waals surface area (Å²) in [6.07, 6.45) is 0. The van der Waals surface area contributed by atoms with Gasteiger partial charge in [-0.3, -0.25) is 0 Å². The van der Waals surface area contributed by atoms with Crippen LogP contribution in [0.2, 0.25) is 0 Å². The molecule has 1 atom stereocenters. The summed E-state index contributed by atoms with van der Waals surface area (Å²) in [6.45, 7) is 3.76. The van der Waals surface area contributed by atoms with Gasteiger partial charge in [-0.1, -0.05) is 42.1 Å². The topological polar surface area (TPSA) is 90.8 Å². The number of nitrogens with zero attached hydrogens (tertiary/aromatic N) is 1. The molecule has 1 unspecified atom stereocenters. The standard InChI is InChI=1S/C16H18N2O4S/c1-3-22-15(21)13-10(2)17-16(23-9-12(19)20)18-14(13)11-7-5-4-6-8-11/h4-8,14H,3,9H2,1-2H3,(H,17,18)(H,19,20)/p-1. The predicted molar refractivity (Wildman–Crippen MR) is 86.6 cm³/mol. The molecule has 1 N–H and O–H groups in total. The summed E-state index contributed by atoms with van der Waals surface area (Å²) in [4.78, 5) is 27.4. The zero-order valence-electron chi connectivity index (χ0n) is 12.9. The Morgan fingerprint density at radius 3 is 2.65 bits per heavy atom. The largest absolute Gasteiger partial charge is 0.549 e. The monoisotopic (exact) mass is 333 g/mol. The summed E-state index contributed by atoms with van der Waals surface area (Å²) in [5.41, 5.74) is 1.87. The molecule has 0 saturated carbocycles. The van der Waals surface area contributed by atoms with Crippen molar-refractivity contribution in [1.29, 1.82) is 0 Å². The van der Waals surface area contributed by atoms with Crippen LogP contribution in [0.15, 0.2) is 46.6 Å². The molecule has 23 heavy (non-hydrogen) atoms. The normalized spacial score (nSPS) is 17.3. The lowest BCUT2D eigenvalue weighted by atomic mass is 9.97. The third-order valence-electron chi connectivity index (χ3n) is 3.16. The van der Waals surface area contributed by atoms with Crippen molar-refractivity contribution in [2.24, 2.45) is 4.99 Å². The highest BCUT2D eigenvalue weighted by atomic mass is 32.2. The number of amidine groups is 1. The van der Waals surface area contributed by atoms with E-state index in [1.54, 1.807) is 13.8 Å². The van der Waals surface area contributed by atoms with Crippen LogP contribution >= 0.6 is 11.8 Å². The van der Waals surface area contributed by atoms with E-state index in [9.17, 15) is 14.7 Å². The Morgan fingerprint density at radius 1 is 1.35 bits per heavy atom. The number of hydrogen-bond acceptors (Lipinski definition) is 7. The maximum absolute atomic E-state index is 12.3. The quantitative estimate of drug-likeness (QED) is 0.809. The van der Waals surface area contributed by atoms with Crippen molar-refractivity contribution in [2.45, 2.75) is 19.9 Å². The van der Waals surface area contributed by atoms with E-state index >= 15 is 0 Å². The van der Waals surface area contributed by atoms with E-state index in [-0.39, 0.29) is 12.4 Å². The number of carboxylic acids is 1. The number of carbonyl (C=O) groups excluding carboxylic acids is 2. The van der Waals surface area contributed by atoms with Crippen molar-refractivity contribution >= 4 is 28.9 Å². The molecule has 1 aromatic rings. The number of aliphatic carboxylic acids is 1. The molecule has 2 rings (SSSR count). The molecule has 0 aromatic heterocycles. The molecule has 0 saturated heterocycles. The fourth-order valence-electron chi connectivity index (χ4n) is 2.20. The molecule has 7 heteroatoms. The second-order valence-corrected chi connectivity index (χ2v) is 5.76. The molecule has 6 nitrogen and oxygen atoms in total. The summed E-state index contributed by atoms with van der Waals surface area (Å²) in [5.74, 6) is -1.82. The van der Waals surface area contributed by atoms with Gasteiger partial charge in [-0.25, -0.2) is 9.79 Å². The number of ether oxygens (including phenoxy) is 1. The number of hydrogen-bond donors (Lipinski definition) is 1. The SMILES string of the molecule is CCOC(=O)C1=C(C)NC(SCC(=O)[O-])=NC1c1ccccc1. The van der Waals surface area contributed by atoms with Crippen molar-refractivity contribution in [2.75, 3.05) is 12.4 Å². The molecule has 1 aromatic carbocycles. The first-order chi connectivity index (χ1) is 11.0. The van der Waals surface area contributed by atoms with Gasteiger partial charge in [-0.05, 0) is 19.4 Å². The molecule has 0 bridgehead atoms. The van der Waals surface area contributed by atoms with Crippen molar-refractivity contribution in [1.82, 2.24) is 5.32 Å². The van der Waals surface area contributed by atoms with Gasteiger partial charge in [0.15, 0.2) is 5.17 Å². The summed E-state index contributed by atoms with van der Waals surface area (Å²) >= 11 is 1.03. The van der Waals surface area contributed by atoms with Gasteiger partial charge in [0.2, 0.25) is 0 Å². The molecule has 0 spiro atoms. The first kappa shape index (κ1) is 17.1. The van der Waals surface area contributed by atoms with Crippen LogP contribution in [-0.4, -0.2) is 29.5 Å². The minimum Gasteiger partial charge on any atom is -0.549 e. The molecular formula is C16H17N2O4S-. The zero-order chi connectivity index (χ0) is 16.8. The Morgan fingerprint density at radius 2 is 2.04 bits per heavy atom. The van der Waals surface area contributed by atoms with Crippen molar-refractivity contribution in [3.8, 4) is 0 Å². The highest BCUT2D eigenvalue weighted by Crippen LogP contribution is 2.32. The zero-order valence-corrected chi connectivity index (χ0v) is 13.7. The Kier molecular flexibility index (Phi) is 5.81. The number of esters is 1. The molecule has 1 heterocycles. The lowest BCUT2D eigenvalue weighted by Crippen LogP contribution is -2.32. The van der Waals surface area contributed by atoms with Gasteiger partial charge in [0.05, 0.1) is 18.1 Å². The number of nitrogens with one attached hydrogen (secondary N) is 1. The van der Waals surface area contributed by atoms with Gasteiger partial charge in [0, 0.05) is 11.4 Å². The van der Waals surface area contributed by atoms with Gasteiger partial charge in [-0.2, -0.15) is 0 Å². The average Bonchev–Trinajstić information content (AvgIpc) is 2.53. The minimum atomic E-state index is -1.17. The van der Waals surface area contributed by atoms with Gasteiger partial charge in [0.1, 0.15) is 6.04 Å². The molecule has 0 aliphatic carbocycles. The Balaban J connectivity index is 2.35. The lowest BCUT2D eigenvalue weighted by Gasteiger charge is -2.25. The van der Waals surface area contributed by atoms with E-state index < -0.39 is 18.0 Å². The average molecular weight is 333 g/mol. The molecule has 1 aliphatic rings. The predicted octanol–water partition coefficient (Wildman–Crippen LogP) is 1.01. The summed E-state index contributed by atoms with van der Waals surface area (Å²) in [5, 5.41) is 14.0. The van der Waals surface area contributed by atoms with Gasteiger partial charge in [-0.15, -0.1) is 0 Å². The van der Waals surface area contributed by atoms with E-state index in [0.29, 0.717) is 16.4 Å². The van der Waals surface area contributed by atoms with Crippen molar-refractivity contribution in [3.05, 3.63) is 47.2 Å². The fraction of sp³-hybridized carbons (Fsp3) is 0.312. The molecule has 0 fully saturated rings. The molecule has 122 valence electrons. The Bertz CT molecular complexity index is 655. The van der Waals surface area contributed by atoms with Crippen LogP contribution in [0.4, 0.5) is 0 Å². The van der Waals surface area contributed by atoms with Crippen LogP contribution in [0.25, 0.3) is 0 Å². The summed E-state index contributed by atoms with van der Waals surface area (Å²) in [6, 6.07) is 8.80. The maximum Gasteiger partial charge on any atom is 0.338 e. The van der Waals surface area contributed by atoms with E-state index in [1.165, 1.54) is 0 Å². The Labute approximate surface area is 138 Å². The number of carbonyl (C=O) groups is 2. The van der Waals surface area contributed by atoms with Gasteiger partial charge >= 0.3 is 5.97 Å². The van der Waals surface area contributed by atoms with Crippen LogP contribution in [0.3, 0.4) is 0 Å². The number of aliphatic imine (C=N–C) groups is 1. The third kappa shape index (κ3) is 4.35. The van der Waals surface area contributed by atoms with Crippen LogP contribution in [0, 0.1) is 0 Å². The lowest BCUT2D eigenvalue weighted by molar-refractivity contribution is -0.301. The first-order valence-corrected chi connectivity index (χ1v) is 8.11. The second kappa shape index (κ2) is 7.82. The van der Waals surface area contributed by atoms with Crippen LogP contribution < -0.4 is 10.4 Å². The van der Waals surface area contributed by atoms with E-state index in [2.05, 4.69) is 10.3 Å². The fourth-order valence-corrected chi connectivity index (χ4v) is 2.86. The van der Waals surface area contributed by atoms with Gasteiger partial charge in [0.25, 0.3) is 0 Å². The van der Waals surface area contributed by atoms with E-state index in [1.807, 2.05) is 30.3 Å². The number of benzene rings is 1. The smallest absolute Gasteiger partial charge is 0.338 e.